The Kier molecular flexibility index (Phi) is 13.9. The Hall–Kier alpha value is -0.100. The Morgan fingerprint density at radius 3 is 2.59 bits per heavy atom. The number of alkyl halides is 3. The third-order valence-electron chi connectivity index (χ3n) is 4.38. The third-order valence-corrected chi connectivity index (χ3v) is 6.13. The molecule has 5 nitrogen and oxygen atoms in total. The fourth-order valence-electron chi connectivity index (χ4n) is 3.18. The molecule has 0 bridgehead atoms. The molecule has 1 saturated carbocycles. The Labute approximate surface area is 180 Å². The van der Waals surface area contributed by atoms with Crippen LogP contribution < -0.4 is 10.6 Å². The van der Waals surface area contributed by atoms with Crippen LogP contribution in [0.5, 0.6) is 0 Å². The number of nitrogens with zero attached hydrogens (tertiary/aromatic N) is 2. The van der Waals surface area contributed by atoms with Crippen LogP contribution in [0.25, 0.3) is 0 Å². The monoisotopic (exact) mass is 526 g/mol. The Morgan fingerprint density at radius 1 is 1.30 bits per heavy atom. The van der Waals surface area contributed by atoms with Gasteiger partial charge >= 0.3 is 6.18 Å². The largest absolute Gasteiger partial charge is 0.401 e. The molecule has 0 aromatic rings. The molecule has 0 amide bonds. The van der Waals surface area contributed by atoms with Gasteiger partial charge in [-0.3, -0.25) is 14.1 Å². The van der Waals surface area contributed by atoms with Crippen LogP contribution in [-0.2, 0) is 10.8 Å². The van der Waals surface area contributed by atoms with E-state index < -0.39 is 23.5 Å². The van der Waals surface area contributed by atoms with Crippen LogP contribution in [0.4, 0.5) is 13.2 Å². The van der Waals surface area contributed by atoms with Crippen LogP contribution in [-0.4, -0.2) is 71.5 Å². The van der Waals surface area contributed by atoms with Crippen molar-refractivity contribution >= 4 is 40.7 Å². The molecule has 0 aromatic carbocycles. The van der Waals surface area contributed by atoms with Crippen LogP contribution in [0.2, 0.25) is 0 Å². The number of nitrogens with one attached hydrogen (secondary N) is 2. The summed E-state index contributed by atoms with van der Waals surface area (Å²) in [5.74, 6) is 1.38. The number of hydrogen-bond acceptors (Lipinski definition) is 3. The van der Waals surface area contributed by atoms with Crippen molar-refractivity contribution in [1.29, 1.82) is 0 Å². The van der Waals surface area contributed by atoms with E-state index in [2.05, 4.69) is 15.6 Å². The molecule has 3 atom stereocenters. The summed E-state index contributed by atoms with van der Waals surface area (Å²) in [4.78, 5) is 5.74. The van der Waals surface area contributed by atoms with Crippen molar-refractivity contribution in [2.45, 2.75) is 63.4 Å². The first-order valence-corrected chi connectivity index (χ1v) is 10.8. The van der Waals surface area contributed by atoms with Crippen molar-refractivity contribution in [3.8, 4) is 0 Å². The Balaban J connectivity index is 0.00000676. The molecule has 162 valence electrons. The highest BCUT2D eigenvalue weighted by molar-refractivity contribution is 14.0. The summed E-state index contributed by atoms with van der Waals surface area (Å²) >= 11 is 0. The minimum atomic E-state index is -4.16. The quantitative estimate of drug-likeness (QED) is 0.210. The van der Waals surface area contributed by atoms with Gasteiger partial charge in [0.15, 0.2) is 5.96 Å². The molecule has 0 spiro atoms. The van der Waals surface area contributed by atoms with Gasteiger partial charge in [-0.25, -0.2) is 0 Å². The zero-order valence-electron chi connectivity index (χ0n) is 16.5. The normalized spacial score (nSPS) is 22.3. The number of rotatable bonds is 9. The molecule has 0 heterocycles. The van der Waals surface area contributed by atoms with E-state index in [0.29, 0.717) is 31.2 Å². The highest BCUT2D eigenvalue weighted by atomic mass is 127. The van der Waals surface area contributed by atoms with Crippen LogP contribution in [0.1, 0.15) is 46.0 Å². The molecule has 0 aliphatic heterocycles. The maximum absolute atomic E-state index is 12.3. The van der Waals surface area contributed by atoms with Gasteiger partial charge in [0.1, 0.15) is 0 Å². The fraction of sp³-hybridized carbons (Fsp3) is 0.941. The second-order valence-corrected chi connectivity index (χ2v) is 8.77. The number of halogens is 4. The number of hydrogen-bond donors (Lipinski definition) is 2. The fourth-order valence-corrected chi connectivity index (χ4v) is 4.53. The zero-order chi connectivity index (χ0) is 19.6. The SMILES string of the molecule is CCNC(=NCCCN(C)CC(F)(F)F)NC1CCCC(S(=O)CC)C1.I. The van der Waals surface area contributed by atoms with Gasteiger partial charge in [-0.2, -0.15) is 13.2 Å². The molecule has 1 fully saturated rings. The van der Waals surface area contributed by atoms with Crippen LogP contribution in [0.3, 0.4) is 0 Å². The van der Waals surface area contributed by atoms with Gasteiger partial charge < -0.3 is 10.6 Å². The van der Waals surface area contributed by atoms with Gasteiger partial charge in [0, 0.05) is 40.9 Å². The lowest BCUT2D eigenvalue weighted by Gasteiger charge is -2.30. The lowest BCUT2D eigenvalue weighted by molar-refractivity contribution is -0.143. The second kappa shape index (κ2) is 14.0. The first-order chi connectivity index (χ1) is 12.2. The molecule has 3 unspecified atom stereocenters. The van der Waals surface area contributed by atoms with E-state index >= 15 is 0 Å². The summed E-state index contributed by atoms with van der Waals surface area (Å²) in [7, 11) is 0.698. The highest BCUT2D eigenvalue weighted by Gasteiger charge is 2.29. The summed E-state index contributed by atoms with van der Waals surface area (Å²) in [6.45, 7) is 4.57. The van der Waals surface area contributed by atoms with E-state index in [-0.39, 0.29) is 35.3 Å². The Morgan fingerprint density at radius 2 is 2.00 bits per heavy atom. The van der Waals surface area contributed by atoms with Crippen molar-refractivity contribution in [3.05, 3.63) is 0 Å². The van der Waals surface area contributed by atoms with E-state index in [0.717, 1.165) is 32.2 Å². The molecule has 1 aliphatic carbocycles. The molecule has 2 N–H and O–H groups in total. The van der Waals surface area contributed by atoms with Gasteiger partial charge in [0.05, 0.1) is 6.54 Å². The molecule has 0 radical (unpaired) electrons. The van der Waals surface area contributed by atoms with Gasteiger partial charge in [0.25, 0.3) is 0 Å². The van der Waals surface area contributed by atoms with Crippen molar-refractivity contribution < 1.29 is 17.4 Å². The predicted octanol–water partition coefficient (Wildman–Crippen LogP) is 3.12. The van der Waals surface area contributed by atoms with E-state index in [9.17, 15) is 17.4 Å². The highest BCUT2D eigenvalue weighted by Crippen LogP contribution is 2.23. The molecule has 10 heteroatoms. The summed E-state index contributed by atoms with van der Waals surface area (Å²) in [6.07, 6.45) is 0.365. The molecular weight excluding hydrogens is 492 g/mol. The first kappa shape index (κ1) is 26.9. The van der Waals surface area contributed by atoms with Gasteiger partial charge in [-0.05, 0) is 46.2 Å². The smallest absolute Gasteiger partial charge is 0.357 e. The van der Waals surface area contributed by atoms with E-state index in [4.69, 9.17) is 0 Å². The van der Waals surface area contributed by atoms with Crippen molar-refractivity contribution in [2.75, 3.05) is 39.0 Å². The molecule has 27 heavy (non-hydrogen) atoms. The van der Waals surface area contributed by atoms with E-state index in [1.165, 1.54) is 11.9 Å². The maximum atomic E-state index is 12.3. The zero-order valence-corrected chi connectivity index (χ0v) is 19.6. The predicted molar refractivity (Wildman–Crippen MR) is 117 cm³/mol. The average molecular weight is 526 g/mol. The summed E-state index contributed by atoms with van der Waals surface area (Å²) < 4.78 is 49.0. The van der Waals surface area contributed by atoms with Crippen molar-refractivity contribution in [1.82, 2.24) is 15.5 Å². The number of guanidine groups is 1. The van der Waals surface area contributed by atoms with Gasteiger partial charge in [0.2, 0.25) is 0 Å². The molecule has 0 saturated heterocycles. The summed E-state index contributed by atoms with van der Waals surface area (Å²) in [6, 6.07) is 0.245. The lowest BCUT2D eigenvalue weighted by atomic mass is 9.95. The lowest BCUT2D eigenvalue weighted by Crippen LogP contribution is -2.46. The van der Waals surface area contributed by atoms with Crippen LogP contribution in [0, 0.1) is 0 Å². The molecule has 1 rings (SSSR count). The maximum Gasteiger partial charge on any atom is 0.401 e. The third kappa shape index (κ3) is 12.1. The van der Waals surface area contributed by atoms with Gasteiger partial charge in [-0.15, -0.1) is 24.0 Å². The topological polar surface area (TPSA) is 56.7 Å². The number of aliphatic imine (C=N–C) groups is 1. The van der Waals surface area contributed by atoms with Crippen molar-refractivity contribution in [2.24, 2.45) is 4.99 Å². The molecular formula is C17H34F3IN4OS. The average Bonchev–Trinajstić information content (AvgIpc) is 2.56. The van der Waals surface area contributed by atoms with Crippen molar-refractivity contribution in [3.63, 3.8) is 0 Å². The minimum absolute atomic E-state index is 0. The molecule has 0 aromatic heterocycles. The van der Waals surface area contributed by atoms with Crippen LogP contribution >= 0.6 is 24.0 Å². The standard InChI is InChI=1S/C17H33F3N4OS.HI/c1-4-21-16(22-10-7-11-24(3)13-17(18,19)20)23-14-8-6-9-15(12-14)26(25)5-2;/h14-15H,4-13H2,1-3H3,(H2,21,22,23);1H. The van der Waals surface area contributed by atoms with E-state index in [1.807, 2.05) is 13.8 Å². The molecule has 1 aliphatic rings. The Bertz CT molecular complexity index is 466. The van der Waals surface area contributed by atoms with Crippen LogP contribution in [0.15, 0.2) is 4.99 Å². The second-order valence-electron chi connectivity index (χ2n) is 6.77. The first-order valence-electron chi connectivity index (χ1n) is 9.42. The summed E-state index contributed by atoms with van der Waals surface area (Å²) in [5, 5.41) is 6.83. The van der Waals surface area contributed by atoms with Gasteiger partial charge in [-0.1, -0.05) is 13.3 Å². The minimum Gasteiger partial charge on any atom is -0.357 e. The van der Waals surface area contributed by atoms with E-state index in [1.54, 1.807) is 0 Å². The summed E-state index contributed by atoms with van der Waals surface area (Å²) in [5.41, 5.74) is 0.